The van der Waals surface area contributed by atoms with Crippen molar-refractivity contribution in [2.24, 2.45) is 0 Å². The molecule has 2 aromatic heterocycles. The van der Waals surface area contributed by atoms with Crippen LogP contribution in [0, 0.1) is 0 Å². The minimum Gasteiger partial charge on any atom is -0.310 e. The van der Waals surface area contributed by atoms with Crippen molar-refractivity contribution in [3.8, 4) is 0 Å². The van der Waals surface area contributed by atoms with Gasteiger partial charge in [-0.3, -0.25) is 9.97 Å². The van der Waals surface area contributed by atoms with Crippen molar-refractivity contribution in [3.05, 3.63) is 59.7 Å². The third kappa shape index (κ3) is 5.92. The molecule has 2 heterocycles. The Balaban J connectivity index is 1.83. The van der Waals surface area contributed by atoms with Gasteiger partial charge in [0, 0.05) is 49.7 Å². The summed E-state index contributed by atoms with van der Waals surface area (Å²) in [6, 6.07) is 11.2. The molecule has 0 aliphatic rings. The number of hydrogen-bond donors (Lipinski definition) is 2. The van der Waals surface area contributed by atoms with Gasteiger partial charge in [0.1, 0.15) is 0 Å². The second-order valence-electron chi connectivity index (χ2n) is 6.00. The summed E-state index contributed by atoms with van der Waals surface area (Å²) >= 11 is 0. The first-order valence-electron chi connectivity index (χ1n) is 7.94. The highest BCUT2D eigenvalue weighted by molar-refractivity contribution is 5.13. The van der Waals surface area contributed by atoms with Crippen LogP contribution < -0.4 is 10.6 Å². The molecule has 0 fully saturated rings. The molecular formula is C18H26N4. The van der Waals surface area contributed by atoms with Gasteiger partial charge in [-0.05, 0) is 30.7 Å². The first kappa shape index (κ1) is 16.6. The summed E-state index contributed by atoms with van der Waals surface area (Å²) in [7, 11) is 0. The SMILES string of the molecule is CC(C)NCc1cccc(CC(C)NCc2cccnc2)n1. The highest BCUT2D eigenvalue weighted by Crippen LogP contribution is 2.04. The molecular weight excluding hydrogens is 272 g/mol. The summed E-state index contributed by atoms with van der Waals surface area (Å²) in [5.41, 5.74) is 3.44. The number of aromatic nitrogens is 2. The molecule has 1 atom stereocenters. The minimum absolute atomic E-state index is 0.376. The van der Waals surface area contributed by atoms with Crippen molar-refractivity contribution in [2.75, 3.05) is 0 Å². The Morgan fingerprint density at radius 1 is 0.955 bits per heavy atom. The van der Waals surface area contributed by atoms with Gasteiger partial charge in [-0.25, -0.2) is 0 Å². The van der Waals surface area contributed by atoms with Crippen LogP contribution >= 0.6 is 0 Å². The Kier molecular flexibility index (Phi) is 6.49. The first-order valence-corrected chi connectivity index (χ1v) is 7.94. The molecule has 118 valence electrons. The molecule has 4 nitrogen and oxygen atoms in total. The van der Waals surface area contributed by atoms with Crippen LogP contribution in [-0.2, 0) is 19.5 Å². The summed E-state index contributed by atoms with van der Waals surface area (Å²) in [6.07, 6.45) is 4.62. The molecule has 2 rings (SSSR count). The van der Waals surface area contributed by atoms with E-state index in [0.29, 0.717) is 12.1 Å². The summed E-state index contributed by atoms with van der Waals surface area (Å²) in [4.78, 5) is 8.86. The van der Waals surface area contributed by atoms with Gasteiger partial charge in [-0.1, -0.05) is 26.0 Å². The third-order valence-electron chi connectivity index (χ3n) is 3.45. The van der Waals surface area contributed by atoms with Crippen molar-refractivity contribution >= 4 is 0 Å². The van der Waals surface area contributed by atoms with E-state index >= 15 is 0 Å². The lowest BCUT2D eigenvalue weighted by Crippen LogP contribution is -2.28. The van der Waals surface area contributed by atoms with Crippen LogP contribution in [0.15, 0.2) is 42.7 Å². The van der Waals surface area contributed by atoms with Crippen LogP contribution in [0.2, 0.25) is 0 Å². The quantitative estimate of drug-likeness (QED) is 0.787. The van der Waals surface area contributed by atoms with E-state index in [-0.39, 0.29) is 0 Å². The van der Waals surface area contributed by atoms with Crippen LogP contribution in [0.3, 0.4) is 0 Å². The molecule has 0 amide bonds. The molecule has 1 unspecified atom stereocenters. The summed E-state index contributed by atoms with van der Waals surface area (Å²) in [6.45, 7) is 8.15. The maximum atomic E-state index is 4.72. The smallest absolute Gasteiger partial charge is 0.0545 e. The van der Waals surface area contributed by atoms with Crippen molar-refractivity contribution in [3.63, 3.8) is 0 Å². The Bertz CT molecular complexity index is 554. The molecule has 0 saturated carbocycles. The number of nitrogens with zero attached hydrogens (tertiary/aromatic N) is 2. The second-order valence-corrected chi connectivity index (χ2v) is 6.00. The normalized spacial score (nSPS) is 12.5. The van der Waals surface area contributed by atoms with Gasteiger partial charge in [0.05, 0.1) is 5.69 Å². The van der Waals surface area contributed by atoms with Gasteiger partial charge >= 0.3 is 0 Å². The van der Waals surface area contributed by atoms with E-state index in [1.165, 1.54) is 5.56 Å². The van der Waals surface area contributed by atoms with Gasteiger partial charge < -0.3 is 10.6 Å². The fourth-order valence-electron chi connectivity index (χ4n) is 2.23. The largest absolute Gasteiger partial charge is 0.310 e. The molecule has 22 heavy (non-hydrogen) atoms. The molecule has 0 aliphatic heterocycles. The van der Waals surface area contributed by atoms with Gasteiger partial charge in [0.25, 0.3) is 0 Å². The van der Waals surface area contributed by atoms with Gasteiger partial charge in [-0.15, -0.1) is 0 Å². The number of pyridine rings is 2. The fourth-order valence-corrected chi connectivity index (χ4v) is 2.23. The monoisotopic (exact) mass is 298 g/mol. The Labute approximate surface area is 133 Å². The lowest BCUT2D eigenvalue weighted by Gasteiger charge is -2.14. The summed E-state index contributed by atoms with van der Waals surface area (Å²) in [5, 5.41) is 6.93. The molecule has 0 bridgehead atoms. The maximum Gasteiger partial charge on any atom is 0.0545 e. The van der Waals surface area contributed by atoms with Crippen LogP contribution in [0.4, 0.5) is 0 Å². The average molecular weight is 298 g/mol. The third-order valence-corrected chi connectivity index (χ3v) is 3.45. The van der Waals surface area contributed by atoms with Crippen LogP contribution in [0.25, 0.3) is 0 Å². The van der Waals surface area contributed by atoms with E-state index < -0.39 is 0 Å². The lowest BCUT2D eigenvalue weighted by molar-refractivity contribution is 0.536. The Morgan fingerprint density at radius 3 is 2.50 bits per heavy atom. The van der Waals surface area contributed by atoms with Crippen molar-refractivity contribution in [1.29, 1.82) is 0 Å². The van der Waals surface area contributed by atoms with Crippen LogP contribution in [-0.4, -0.2) is 22.1 Å². The maximum absolute atomic E-state index is 4.72. The van der Waals surface area contributed by atoms with E-state index in [9.17, 15) is 0 Å². The molecule has 2 N–H and O–H groups in total. The van der Waals surface area contributed by atoms with E-state index in [1.807, 2.05) is 12.3 Å². The zero-order valence-corrected chi connectivity index (χ0v) is 13.7. The Morgan fingerprint density at radius 2 is 1.77 bits per heavy atom. The zero-order chi connectivity index (χ0) is 15.8. The number of rotatable bonds is 8. The van der Waals surface area contributed by atoms with Crippen LogP contribution in [0.5, 0.6) is 0 Å². The van der Waals surface area contributed by atoms with Crippen molar-refractivity contribution in [1.82, 2.24) is 20.6 Å². The molecule has 0 aliphatic carbocycles. The van der Waals surface area contributed by atoms with Gasteiger partial charge in [-0.2, -0.15) is 0 Å². The molecule has 0 radical (unpaired) electrons. The molecule has 4 heteroatoms. The average Bonchev–Trinajstić information content (AvgIpc) is 2.52. The molecule has 0 saturated heterocycles. The highest BCUT2D eigenvalue weighted by Gasteiger charge is 2.06. The predicted molar refractivity (Wildman–Crippen MR) is 90.5 cm³/mol. The molecule has 2 aromatic rings. The number of nitrogens with one attached hydrogen (secondary N) is 2. The van der Waals surface area contributed by atoms with Gasteiger partial charge in [0.2, 0.25) is 0 Å². The van der Waals surface area contributed by atoms with Crippen LogP contribution in [0.1, 0.15) is 37.7 Å². The number of hydrogen-bond acceptors (Lipinski definition) is 4. The van der Waals surface area contributed by atoms with E-state index in [1.54, 1.807) is 6.20 Å². The van der Waals surface area contributed by atoms with Gasteiger partial charge in [0.15, 0.2) is 0 Å². The summed E-state index contributed by atoms with van der Waals surface area (Å²) < 4.78 is 0. The van der Waals surface area contributed by atoms with E-state index in [4.69, 9.17) is 4.98 Å². The highest BCUT2D eigenvalue weighted by atomic mass is 14.9. The fraction of sp³-hybridized carbons (Fsp3) is 0.444. The lowest BCUT2D eigenvalue weighted by atomic mass is 10.1. The topological polar surface area (TPSA) is 49.8 Å². The second kappa shape index (κ2) is 8.61. The molecule has 0 aromatic carbocycles. The Hall–Kier alpha value is -1.78. The van der Waals surface area contributed by atoms with E-state index in [0.717, 1.165) is 30.9 Å². The van der Waals surface area contributed by atoms with Crippen molar-refractivity contribution < 1.29 is 0 Å². The first-order chi connectivity index (χ1) is 10.6. The zero-order valence-electron chi connectivity index (χ0n) is 13.7. The summed E-state index contributed by atoms with van der Waals surface area (Å²) in [5.74, 6) is 0. The predicted octanol–water partition coefficient (Wildman–Crippen LogP) is 2.70. The standard InChI is InChI=1S/C18H26N4/c1-14(2)20-13-18-8-4-7-17(22-18)10-15(3)21-12-16-6-5-9-19-11-16/h4-9,11,14-15,20-21H,10,12-13H2,1-3H3. The van der Waals surface area contributed by atoms with Crippen molar-refractivity contribution in [2.45, 2.75) is 52.4 Å². The minimum atomic E-state index is 0.376. The molecule has 0 spiro atoms. The van der Waals surface area contributed by atoms with E-state index in [2.05, 4.69) is 60.7 Å².